The van der Waals surface area contributed by atoms with Crippen molar-refractivity contribution in [1.29, 1.82) is 0 Å². The lowest BCUT2D eigenvalue weighted by molar-refractivity contribution is -0.121. The molecule has 0 saturated carbocycles. The number of benzene rings is 1. The number of amides is 2. The van der Waals surface area contributed by atoms with Crippen LogP contribution in [-0.4, -0.2) is 24.9 Å². The molecule has 4 nitrogen and oxygen atoms in total. The fraction of sp³-hybridized carbons (Fsp3) is 0.529. The molecule has 1 aromatic rings. The van der Waals surface area contributed by atoms with Gasteiger partial charge in [-0.1, -0.05) is 32.0 Å². The number of nitrogens with one attached hydrogen (secondary N) is 1. The Morgan fingerprint density at radius 3 is 2.71 bits per heavy atom. The van der Waals surface area contributed by atoms with E-state index in [0.717, 1.165) is 24.2 Å². The highest BCUT2D eigenvalue weighted by molar-refractivity contribution is 5.94. The molecule has 1 heterocycles. The van der Waals surface area contributed by atoms with Gasteiger partial charge < -0.3 is 10.2 Å². The third kappa shape index (κ3) is 3.84. The Kier molecular flexibility index (Phi) is 4.99. The number of rotatable bonds is 5. The Hall–Kier alpha value is -1.84. The summed E-state index contributed by atoms with van der Waals surface area (Å²) >= 11 is 0. The maximum atomic E-state index is 12.1. The summed E-state index contributed by atoms with van der Waals surface area (Å²) in [5.41, 5.74) is 2.05. The topological polar surface area (TPSA) is 49.4 Å². The smallest absolute Gasteiger partial charge is 0.223 e. The molecule has 0 aliphatic carbocycles. The summed E-state index contributed by atoms with van der Waals surface area (Å²) in [6.45, 7) is 7.18. The first kappa shape index (κ1) is 15.5. The van der Waals surface area contributed by atoms with Gasteiger partial charge in [-0.3, -0.25) is 9.59 Å². The highest BCUT2D eigenvalue weighted by atomic mass is 16.2. The lowest BCUT2D eigenvalue weighted by Crippen LogP contribution is -2.30. The Labute approximate surface area is 126 Å². The number of fused-ring (bicyclic) bond motifs is 1. The fourth-order valence-electron chi connectivity index (χ4n) is 2.76. The van der Waals surface area contributed by atoms with Gasteiger partial charge in [-0.05, 0) is 24.0 Å². The minimum atomic E-state index is 0.0326. The molecule has 1 N–H and O–H groups in total. The monoisotopic (exact) mass is 288 g/mol. The van der Waals surface area contributed by atoms with Gasteiger partial charge >= 0.3 is 0 Å². The second kappa shape index (κ2) is 6.74. The van der Waals surface area contributed by atoms with Gasteiger partial charge in [0.2, 0.25) is 11.8 Å². The Bertz CT molecular complexity index is 525. The zero-order valence-corrected chi connectivity index (χ0v) is 13.1. The van der Waals surface area contributed by atoms with Crippen molar-refractivity contribution in [2.75, 3.05) is 18.0 Å². The van der Waals surface area contributed by atoms with Crippen molar-refractivity contribution < 1.29 is 9.59 Å². The quantitative estimate of drug-likeness (QED) is 0.905. The largest absolute Gasteiger partial charge is 0.356 e. The van der Waals surface area contributed by atoms with Crippen LogP contribution in [0.1, 0.15) is 45.1 Å². The van der Waals surface area contributed by atoms with Crippen LogP contribution in [0.25, 0.3) is 0 Å². The molecule has 2 amide bonds. The molecule has 1 aliphatic heterocycles. The SMILES string of the molecule is CC(=O)N1CC(CC(=O)NCCC(C)C)c2ccccc21. The maximum Gasteiger partial charge on any atom is 0.223 e. The predicted molar refractivity (Wildman–Crippen MR) is 84.3 cm³/mol. The standard InChI is InChI=1S/C17H24N2O2/c1-12(2)8-9-18-17(21)10-14-11-19(13(3)20)16-7-5-4-6-15(14)16/h4-7,12,14H,8-11H2,1-3H3,(H,18,21). The van der Waals surface area contributed by atoms with Crippen LogP contribution < -0.4 is 10.2 Å². The molecule has 1 aromatic carbocycles. The molecule has 21 heavy (non-hydrogen) atoms. The molecule has 0 radical (unpaired) electrons. The van der Waals surface area contributed by atoms with Gasteiger partial charge in [-0.2, -0.15) is 0 Å². The van der Waals surface area contributed by atoms with Crippen molar-refractivity contribution in [3.05, 3.63) is 29.8 Å². The van der Waals surface area contributed by atoms with Gasteiger partial charge in [-0.15, -0.1) is 0 Å². The van der Waals surface area contributed by atoms with Crippen LogP contribution in [0.2, 0.25) is 0 Å². The van der Waals surface area contributed by atoms with Crippen molar-refractivity contribution in [1.82, 2.24) is 5.32 Å². The first-order chi connectivity index (χ1) is 9.99. The van der Waals surface area contributed by atoms with Crippen molar-refractivity contribution in [2.24, 2.45) is 5.92 Å². The van der Waals surface area contributed by atoms with Crippen molar-refractivity contribution in [3.8, 4) is 0 Å². The van der Waals surface area contributed by atoms with E-state index in [1.54, 1.807) is 11.8 Å². The van der Waals surface area contributed by atoms with Gasteiger partial charge in [0.05, 0.1) is 0 Å². The normalized spacial score (nSPS) is 17.0. The van der Waals surface area contributed by atoms with Crippen LogP contribution in [0.4, 0.5) is 5.69 Å². The summed E-state index contributed by atoms with van der Waals surface area (Å²) in [6.07, 6.45) is 1.44. The first-order valence-corrected chi connectivity index (χ1v) is 7.62. The number of anilines is 1. The third-order valence-electron chi connectivity index (χ3n) is 3.93. The average Bonchev–Trinajstić information content (AvgIpc) is 2.78. The van der Waals surface area contributed by atoms with E-state index in [0.29, 0.717) is 18.9 Å². The van der Waals surface area contributed by atoms with Crippen LogP contribution in [0.3, 0.4) is 0 Å². The molecule has 1 unspecified atom stereocenters. The Morgan fingerprint density at radius 2 is 2.05 bits per heavy atom. The second-order valence-electron chi connectivity index (χ2n) is 6.12. The zero-order chi connectivity index (χ0) is 15.4. The van der Waals surface area contributed by atoms with E-state index in [4.69, 9.17) is 0 Å². The van der Waals surface area contributed by atoms with E-state index in [1.165, 1.54) is 0 Å². The van der Waals surface area contributed by atoms with E-state index < -0.39 is 0 Å². The van der Waals surface area contributed by atoms with Crippen LogP contribution >= 0.6 is 0 Å². The summed E-state index contributed by atoms with van der Waals surface area (Å²) in [4.78, 5) is 25.5. The Balaban J connectivity index is 1.99. The number of carbonyl (C=O) groups is 2. The number of para-hydroxylation sites is 1. The summed E-state index contributed by atoms with van der Waals surface area (Å²) in [5, 5.41) is 2.97. The molecule has 0 spiro atoms. The summed E-state index contributed by atoms with van der Waals surface area (Å²) in [5.74, 6) is 0.792. The number of carbonyl (C=O) groups excluding carboxylic acids is 2. The molecule has 1 aliphatic rings. The van der Waals surface area contributed by atoms with Crippen molar-refractivity contribution in [3.63, 3.8) is 0 Å². The fourth-order valence-corrected chi connectivity index (χ4v) is 2.76. The van der Waals surface area contributed by atoms with E-state index in [2.05, 4.69) is 19.2 Å². The first-order valence-electron chi connectivity index (χ1n) is 7.62. The van der Waals surface area contributed by atoms with E-state index >= 15 is 0 Å². The van der Waals surface area contributed by atoms with Crippen LogP contribution in [0.5, 0.6) is 0 Å². The lowest BCUT2D eigenvalue weighted by Gasteiger charge is -2.15. The van der Waals surface area contributed by atoms with Gasteiger partial charge in [0, 0.05) is 38.0 Å². The number of nitrogens with zero attached hydrogens (tertiary/aromatic N) is 1. The molecule has 1 atom stereocenters. The van der Waals surface area contributed by atoms with E-state index in [-0.39, 0.29) is 17.7 Å². The molecule has 0 fully saturated rings. The number of hydrogen-bond acceptors (Lipinski definition) is 2. The number of hydrogen-bond donors (Lipinski definition) is 1. The zero-order valence-electron chi connectivity index (χ0n) is 13.1. The molecule has 0 saturated heterocycles. The van der Waals surface area contributed by atoms with E-state index in [1.807, 2.05) is 24.3 Å². The summed E-state index contributed by atoms with van der Waals surface area (Å²) < 4.78 is 0. The highest BCUT2D eigenvalue weighted by Gasteiger charge is 2.31. The predicted octanol–water partition coefficient (Wildman–Crippen LogP) is 2.69. The molecule has 114 valence electrons. The maximum absolute atomic E-state index is 12.1. The molecule has 2 rings (SSSR count). The highest BCUT2D eigenvalue weighted by Crippen LogP contribution is 2.37. The third-order valence-corrected chi connectivity index (χ3v) is 3.93. The Morgan fingerprint density at radius 1 is 1.33 bits per heavy atom. The van der Waals surface area contributed by atoms with E-state index in [9.17, 15) is 9.59 Å². The molecule has 4 heteroatoms. The van der Waals surface area contributed by atoms with Crippen molar-refractivity contribution in [2.45, 2.75) is 39.5 Å². The minimum absolute atomic E-state index is 0.0326. The average molecular weight is 288 g/mol. The second-order valence-corrected chi connectivity index (χ2v) is 6.12. The molecule has 0 aromatic heterocycles. The van der Waals surface area contributed by atoms with Gasteiger partial charge in [-0.25, -0.2) is 0 Å². The lowest BCUT2D eigenvalue weighted by atomic mass is 9.97. The van der Waals surface area contributed by atoms with Crippen LogP contribution in [0, 0.1) is 5.92 Å². The van der Waals surface area contributed by atoms with Crippen LogP contribution in [-0.2, 0) is 9.59 Å². The summed E-state index contributed by atoms with van der Waals surface area (Å²) in [7, 11) is 0. The van der Waals surface area contributed by atoms with Gasteiger partial charge in [0.15, 0.2) is 0 Å². The molecular weight excluding hydrogens is 264 g/mol. The summed E-state index contributed by atoms with van der Waals surface area (Å²) in [6, 6.07) is 7.86. The molecule has 0 bridgehead atoms. The minimum Gasteiger partial charge on any atom is -0.356 e. The molecular formula is C17H24N2O2. The van der Waals surface area contributed by atoms with Gasteiger partial charge in [0.25, 0.3) is 0 Å². The van der Waals surface area contributed by atoms with Crippen LogP contribution in [0.15, 0.2) is 24.3 Å². The van der Waals surface area contributed by atoms with Gasteiger partial charge in [0.1, 0.15) is 0 Å². The van der Waals surface area contributed by atoms with Crippen molar-refractivity contribution >= 4 is 17.5 Å².